The molecular formula is C21H26N2O5. The number of carbonyl (C=O) groups excluding carboxylic acids is 3. The summed E-state index contributed by atoms with van der Waals surface area (Å²) in [7, 11) is 0. The number of hydrogen-bond donors (Lipinski definition) is 1. The van der Waals surface area contributed by atoms with Gasteiger partial charge in [0.1, 0.15) is 6.54 Å². The first kappa shape index (κ1) is 21.2. The molecule has 0 aliphatic rings. The molecule has 0 aliphatic heterocycles. The second kappa shape index (κ2) is 9.21. The third-order valence-corrected chi connectivity index (χ3v) is 4.35. The van der Waals surface area contributed by atoms with Gasteiger partial charge in [0.05, 0.1) is 12.2 Å². The van der Waals surface area contributed by atoms with E-state index >= 15 is 0 Å². The van der Waals surface area contributed by atoms with Gasteiger partial charge in [-0.2, -0.15) is 0 Å². The van der Waals surface area contributed by atoms with E-state index in [9.17, 15) is 14.4 Å². The van der Waals surface area contributed by atoms with Crippen LogP contribution in [0.15, 0.2) is 30.3 Å². The van der Waals surface area contributed by atoms with Crippen molar-refractivity contribution >= 4 is 23.5 Å². The van der Waals surface area contributed by atoms with Gasteiger partial charge in [-0.15, -0.1) is 0 Å². The number of ether oxygens (including phenoxy) is 2. The van der Waals surface area contributed by atoms with Gasteiger partial charge in [-0.1, -0.05) is 17.7 Å². The number of nitrogens with one attached hydrogen (secondary N) is 1. The first-order valence-corrected chi connectivity index (χ1v) is 9.13. The predicted molar refractivity (Wildman–Crippen MR) is 105 cm³/mol. The minimum Gasteiger partial charge on any atom is -0.462 e. The molecule has 28 heavy (non-hydrogen) atoms. The molecule has 2 aromatic rings. The normalized spacial score (nSPS) is 11.6. The lowest BCUT2D eigenvalue weighted by atomic mass is 10.2. The smallest absolute Gasteiger partial charge is 0.339 e. The lowest BCUT2D eigenvalue weighted by Gasteiger charge is -2.15. The number of amides is 1. The van der Waals surface area contributed by atoms with Gasteiger partial charge in [-0.3, -0.25) is 9.59 Å². The highest BCUT2D eigenvalue weighted by Crippen LogP contribution is 2.17. The lowest BCUT2D eigenvalue weighted by molar-refractivity contribution is -0.153. The first-order chi connectivity index (χ1) is 13.2. The quantitative estimate of drug-likeness (QED) is 0.739. The monoisotopic (exact) mass is 386 g/mol. The zero-order chi connectivity index (χ0) is 20.8. The molecular weight excluding hydrogens is 360 g/mol. The van der Waals surface area contributed by atoms with Crippen molar-refractivity contribution in [2.24, 2.45) is 0 Å². The third kappa shape index (κ3) is 5.22. The van der Waals surface area contributed by atoms with Crippen molar-refractivity contribution in [3.05, 3.63) is 52.8 Å². The Morgan fingerprint density at radius 1 is 1.11 bits per heavy atom. The lowest BCUT2D eigenvalue weighted by Crippen LogP contribution is -2.31. The summed E-state index contributed by atoms with van der Waals surface area (Å²) in [6.07, 6.45) is -0.950. The zero-order valence-corrected chi connectivity index (χ0v) is 16.9. The molecule has 1 aromatic heterocycles. The van der Waals surface area contributed by atoms with Crippen molar-refractivity contribution in [1.29, 1.82) is 0 Å². The van der Waals surface area contributed by atoms with Crippen molar-refractivity contribution in [3.63, 3.8) is 0 Å². The number of esters is 2. The summed E-state index contributed by atoms with van der Waals surface area (Å²) < 4.78 is 11.9. The minimum absolute atomic E-state index is 0.0980. The van der Waals surface area contributed by atoms with E-state index < -0.39 is 23.9 Å². The number of aromatic nitrogens is 1. The molecule has 1 amide bonds. The molecule has 0 saturated heterocycles. The number of hydrogen-bond acceptors (Lipinski definition) is 5. The molecule has 150 valence electrons. The Labute approximate surface area is 164 Å². The van der Waals surface area contributed by atoms with Gasteiger partial charge in [0.2, 0.25) is 0 Å². The van der Waals surface area contributed by atoms with Crippen LogP contribution in [0.25, 0.3) is 0 Å². The van der Waals surface area contributed by atoms with Crippen LogP contribution in [0.1, 0.15) is 41.2 Å². The SMILES string of the molecule is CCOC(=O)c1cc(C)n(CC(=O)O[C@H](C)C(=O)Nc2ccc(C)cc2)c1C. The van der Waals surface area contributed by atoms with E-state index in [1.165, 1.54) is 6.92 Å². The molecule has 0 spiro atoms. The van der Waals surface area contributed by atoms with Gasteiger partial charge in [0, 0.05) is 17.1 Å². The maximum absolute atomic E-state index is 12.3. The maximum Gasteiger partial charge on any atom is 0.339 e. The molecule has 1 N–H and O–H groups in total. The number of rotatable bonds is 7. The molecule has 0 radical (unpaired) electrons. The van der Waals surface area contributed by atoms with Gasteiger partial charge in [0.25, 0.3) is 5.91 Å². The highest BCUT2D eigenvalue weighted by atomic mass is 16.5. The molecule has 1 atom stereocenters. The Hall–Kier alpha value is -3.09. The van der Waals surface area contributed by atoms with Crippen LogP contribution in [-0.4, -0.2) is 35.1 Å². The predicted octanol–water partition coefficient (Wildman–Crippen LogP) is 3.16. The molecule has 7 heteroatoms. The van der Waals surface area contributed by atoms with Gasteiger partial charge in [-0.25, -0.2) is 4.79 Å². The number of aryl methyl sites for hydroxylation is 2. The molecule has 0 aliphatic carbocycles. The van der Waals surface area contributed by atoms with Gasteiger partial charge < -0.3 is 19.4 Å². The molecule has 7 nitrogen and oxygen atoms in total. The van der Waals surface area contributed by atoms with Gasteiger partial charge in [0.15, 0.2) is 6.10 Å². The van der Waals surface area contributed by atoms with Crippen LogP contribution in [0.3, 0.4) is 0 Å². The van der Waals surface area contributed by atoms with Crippen molar-refractivity contribution in [3.8, 4) is 0 Å². The summed E-state index contributed by atoms with van der Waals surface area (Å²) in [5, 5.41) is 2.71. The topological polar surface area (TPSA) is 86.6 Å². The maximum atomic E-state index is 12.3. The average molecular weight is 386 g/mol. The van der Waals surface area contributed by atoms with E-state index in [1.807, 2.05) is 19.1 Å². The van der Waals surface area contributed by atoms with Crippen LogP contribution in [0.2, 0.25) is 0 Å². The fraction of sp³-hybridized carbons (Fsp3) is 0.381. The summed E-state index contributed by atoms with van der Waals surface area (Å²) in [6, 6.07) is 9.00. The van der Waals surface area contributed by atoms with Crippen LogP contribution in [0.5, 0.6) is 0 Å². The Kier molecular flexibility index (Phi) is 6.98. The van der Waals surface area contributed by atoms with E-state index in [1.54, 1.807) is 43.5 Å². The first-order valence-electron chi connectivity index (χ1n) is 9.13. The van der Waals surface area contributed by atoms with Crippen molar-refractivity contribution in [1.82, 2.24) is 4.57 Å². The average Bonchev–Trinajstić information content (AvgIpc) is 2.92. The Morgan fingerprint density at radius 3 is 2.36 bits per heavy atom. The molecule has 0 saturated carbocycles. The zero-order valence-electron chi connectivity index (χ0n) is 16.9. The second-order valence-corrected chi connectivity index (χ2v) is 6.58. The van der Waals surface area contributed by atoms with Crippen LogP contribution in [0, 0.1) is 20.8 Å². The molecule has 1 heterocycles. The summed E-state index contributed by atoms with van der Waals surface area (Å²) >= 11 is 0. The molecule has 2 rings (SSSR count). The minimum atomic E-state index is -0.950. The third-order valence-electron chi connectivity index (χ3n) is 4.35. The molecule has 0 bridgehead atoms. The van der Waals surface area contributed by atoms with E-state index in [4.69, 9.17) is 9.47 Å². The Bertz CT molecular complexity index is 868. The molecule has 0 unspecified atom stereocenters. The van der Waals surface area contributed by atoms with E-state index in [0.29, 0.717) is 16.9 Å². The number of anilines is 1. The van der Waals surface area contributed by atoms with Crippen LogP contribution in [-0.2, 0) is 25.6 Å². The second-order valence-electron chi connectivity index (χ2n) is 6.58. The van der Waals surface area contributed by atoms with E-state index in [-0.39, 0.29) is 13.2 Å². The van der Waals surface area contributed by atoms with E-state index in [2.05, 4.69) is 5.32 Å². The standard InChI is InChI=1S/C21H26N2O5/c1-6-27-21(26)18-11-14(3)23(15(18)4)12-19(24)28-16(5)20(25)22-17-9-7-13(2)8-10-17/h7-11,16H,6,12H2,1-5H3,(H,22,25)/t16-/m1/s1. The summed E-state index contributed by atoms with van der Waals surface area (Å²) in [5.41, 5.74) is 3.48. The number of nitrogens with zero attached hydrogens (tertiary/aromatic N) is 1. The summed E-state index contributed by atoms with van der Waals surface area (Å²) in [4.78, 5) is 36.5. The van der Waals surface area contributed by atoms with Crippen molar-refractivity contribution < 1.29 is 23.9 Å². The Morgan fingerprint density at radius 2 is 1.75 bits per heavy atom. The van der Waals surface area contributed by atoms with Crippen LogP contribution < -0.4 is 5.32 Å². The van der Waals surface area contributed by atoms with Crippen LogP contribution in [0.4, 0.5) is 5.69 Å². The largest absolute Gasteiger partial charge is 0.462 e. The summed E-state index contributed by atoms with van der Waals surface area (Å²) in [5.74, 6) is -1.41. The fourth-order valence-electron chi connectivity index (χ4n) is 2.76. The highest BCUT2D eigenvalue weighted by molar-refractivity contribution is 5.95. The Balaban J connectivity index is 1.98. The number of benzene rings is 1. The van der Waals surface area contributed by atoms with Crippen molar-refractivity contribution in [2.75, 3.05) is 11.9 Å². The van der Waals surface area contributed by atoms with Gasteiger partial charge in [-0.05, 0) is 52.8 Å². The molecule has 0 fully saturated rings. The van der Waals surface area contributed by atoms with Crippen LogP contribution >= 0.6 is 0 Å². The van der Waals surface area contributed by atoms with E-state index in [0.717, 1.165) is 11.3 Å². The fourth-order valence-corrected chi connectivity index (χ4v) is 2.76. The number of carbonyl (C=O) groups is 3. The van der Waals surface area contributed by atoms with Gasteiger partial charge >= 0.3 is 11.9 Å². The molecule has 1 aromatic carbocycles. The summed E-state index contributed by atoms with van der Waals surface area (Å²) in [6.45, 7) is 8.90. The highest BCUT2D eigenvalue weighted by Gasteiger charge is 2.21. The van der Waals surface area contributed by atoms with Crippen molar-refractivity contribution in [2.45, 2.75) is 47.3 Å².